The molecule has 0 spiro atoms. The predicted octanol–water partition coefficient (Wildman–Crippen LogP) is 2.46. The molecule has 0 aliphatic carbocycles. The van der Waals surface area contributed by atoms with Crippen LogP contribution in [0, 0.1) is 0 Å². The van der Waals surface area contributed by atoms with Crippen LogP contribution in [0.5, 0.6) is 0 Å². The van der Waals surface area contributed by atoms with Crippen LogP contribution in [0.25, 0.3) is 0 Å². The second-order valence-electron chi connectivity index (χ2n) is 4.22. The number of carbonyl (C=O) groups is 2. The van der Waals surface area contributed by atoms with Crippen LogP contribution in [-0.4, -0.2) is 32.6 Å². The second-order valence-corrected chi connectivity index (χ2v) is 4.63. The zero-order valence-corrected chi connectivity index (χ0v) is 11.7. The number of nitrogens with zero attached hydrogens (tertiary/aromatic N) is 1. The third-order valence-corrected chi connectivity index (χ3v) is 2.83. The van der Waals surface area contributed by atoms with Gasteiger partial charge >= 0.3 is 6.09 Å². The number of carbonyl (C=O) groups excluding carboxylic acids is 2. The molecule has 0 saturated heterocycles. The van der Waals surface area contributed by atoms with Crippen molar-refractivity contribution >= 4 is 29.2 Å². The first kappa shape index (κ1) is 15.3. The maximum Gasteiger partial charge on any atom is 0.404 e. The molecule has 5 nitrogen and oxygen atoms in total. The van der Waals surface area contributed by atoms with E-state index < -0.39 is 6.09 Å². The highest BCUT2D eigenvalue weighted by Crippen LogP contribution is 2.29. The Kier molecular flexibility index (Phi) is 5.63. The first-order chi connectivity index (χ1) is 8.93. The van der Waals surface area contributed by atoms with E-state index in [2.05, 4.69) is 4.74 Å². The molecule has 6 heteroatoms. The molecule has 0 saturated carbocycles. The van der Waals surface area contributed by atoms with Crippen LogP contribution >= 0.6 is 11.6 Å². The Hall–Kier alpha value is -1.75. The van der Waals surface area contributed by atoms with Gasteiger partial charge in [0.15, 0.2) is 5.78 Å². The molecule has 0 heterocycles. The average Bonchev–Trinajstić information content (AvgIpc) is 2.33. The molecule has 0 radical (unpaired) electrons. The largest absolute Gasteiger partial charge is 0.450 e. The minimum atomic E-state index is -0.829. The molecule has 0 bridgehead atoms. The average molecular weight is 285 g/mol. The molecule has 0 aliphatic rings. The third kappa shape index (κ3) is 4.44. The van der Waals surface area contributed by atoms with Crippen molar-refractivity contribution in [1.82, 2.24) is 0 Å². The summed E-state index contributed by atoms with van der Waals surface area (Å²) >= 11 is 6.09. The summed E-state index contributed by atoms with van der Waals surface area (Å²) in [5.74, 6) is -0.0423. The normalized spacial score (nSPS) is 10.1. The van der Waals surface area contributed by atoms with Crippen LogP contribution in [0.3, 0.4) is 0 Å². The molecule has 0 fully saturated rings. The summed E-state index contributed by atoms with van der Waals surface area (Å²) in [6.45, 7) is 0.138. The lowest BCUT2D eigenvalue weighted by Crippen LogP contribution is -2.16. The third-order valence-electron chi connectivity index (χ3n) is 2.53. The van der Waals surface area contributed by atoms with Gasteiger partial charge in [-0.2, -0.15) is 0 Å². The fourth-order valence-electron chi connectivity index (χ4n) is 1.74. The van der Waals surface area contributed by atoms with E-state index in [4.69, 9.17) is 17.3 Å². The lowest BCUT2D eigenvalue weighted by molar-refractivity contribution is 0.0963. The van der Waals surface area contributed by atoms with E-state index in [-0.39, 0.29) is 18.8 Å². The van der Waals surface area contributed by atoms with Crippen LogP contribution in [0.15, 0.2) is 18.2 Å². The topological polar surface area (TPSA) is 72.6 Å². The molecular formula is C13H17ClN2O3. The van der Waals surface area contributed by atoms with E-state index in [1.807, 2.05) is 14.1 Å². The molecule has 2 N–H and O–H groups in total. The van der Waals surface area contributed by atoms with Crippen LogP contribution in [0.1, 0.15) is 23.2 Å². The summed E-state index contributed by atoms with van der Waals surface area (Å²) in [7, 11) is 3.66. The van der Waals surface area contributed by atoms with Gasteiger partial charge in [0.1, 0.15) is 0 Å². The number of ketones is 1. The standard InChI is InChI=1S/C13H17ClN2O3/c1-16(2)12-9(5-3-6-10(12)14)11(17)7-4-8-19-13(15)18/h3,5-6H,4,7-8H2,1-2H3,(H2,15,18). The number of hydrogen-bond donors (Lipinski definition) is 1. The number of benzene rings is 1. The number of hydrogen-bond acceptors (Lipinski definition) is 4. The lowest BCUT2D eigenvalue weighted by Gasteiger charge is -2.18. The van der Waals surface area contributed by atoms with Gasteiger partial charge in [0, 0.05) is 26.1 Å². The summed E-state index contributed by atoms with van der Waals surface area (Å²) < 4.78 is 4.58. The number of nitrogens with two attached hydrogens (primary N) is 1. The van der Waals surface area contributed by atoms with Crippen molar-refractivity contribution in [3.8, 4) is 0 Å². The number of anilines is 1. The van der Waals surface area contributed by atoms with Crippen LogP contribution in [0.2, 0.25) is 5.02 Å². The molecule has 0 aromatic heterocycles. The number of para-hydroxylation sites is 1. The van der Waals surface area contributed by atoms with E-state index in [1.165, 1.54) is 0 Å². The van der Waals surface area contributed by atoms with E-state index in [1.54, 1.807) is 23.1 Å². The Morgan fingerprint density at radius 2 is 2.05 bits per heavy atom. The molecule has 1 amide bonds. The zero-order valence-electron chi connectivity index (χ0n) is 11.0. The van der Waals surface area contributed by atoms with Crippen molar-refractivity contribution in [3.05, 3.63) is 28.8 Å². The smallest absolute Gasteiger partial charge is 0.404 e. The maximum atomic E-state index is 12.1. The molecule has 19 heavy (non-hydrogen) atoms. The Morgan fingerprint density at radius 1 is 1.37 bits per heavy atom. The van der Waals surface area contributed by atoms with E-state index >= 15 is 0 Å². The first-order valence-electron chi connectivity index (χ1n) is 5.84. The fraction of sp³-hybridized carbons (Fsp3) is 0.385. The summed E-state index contributed by atoms with van der Waals surface area (Å²) in [6, 6.07) is 5.21. The summed E-state index contributed by atoms with van der Waals surface area (Å²) in [5.41, 5.74) is 6.10. The van der Waals surface area contributed by atoms with Gasteiger partial charge in [0.25, 0.3) is 0 Å². The molecule has 0 aliphatic heterocycles. The Morgan fingerprint density at radius 3 is 2.63 bits per heavy atom. The van der Waals surface area contributed by atoms with Crippen molar-refractivity contribution in [2.45, 2.75) is 12.8 Å². The highest BCUT2D eigenvalue weighted by atomic mass is 35.5. The van der Waals surface area contributed by atoms with Crippen molar-refractivity contribution in [2.24, 2.45) is 5.73 Å². The Bertz CT molecular complexity index is 475. The maximum absolute atomic E-state index is 12.1. The first-order valence-corrected chi connectivity index (χ1v) is 6.22. The number of primary amides is 1. The van der Waals surface area contributed by atoms with Gasteiger partial charge < -0.3 is 15.4 Å². The van der Waals surface area contributed by atoms with Crippen LogP contribution in [0.4, 0.5) is 10.5 Å². The van der Waals surface area contributed by atoms with Crippen molar-refractivity contribution in [1.29, 1.82) is 0 Å². The number of Topliss-reactive ketones (excluding diaryl/α,β-unsaturated/α-hetero) is 1. The summed E-state index contributed by atoms with van der Waals surface area (Å²) in [5, 5.41) is 0.532. The highest BCUT2D eigenvalue weighted by Gasteiger charge is 2.15. The van der Waals surface area contributed by atoms with Crippen LogP contribution in [-0.2, 0) is 4.74 Å². The Balaban J connectivity index is 2.72. The number of amides is 1. The fourth-order valence-corrected chi connectivity index (χ4v) is 2.08. The predicted molar refractivity (Wildman–Crippen MR) is 74.9 cm³/mol. The molecular weight excluding hydrogens is 268 g/mol. The van der Waals surface area contributed by atoms with Gasteiger partial charge in [0.2, 0.25) is 0 Å². The molecule has 104 valence electrons. The van der Waals surface area contributed by atoms with Gasteiger partial charge in [-0.15, -0.1) is 0 Å². The van der Waals surface area contributed by atoms with Crippen LogP contribution < -0.4 is 10.6 Å². The summed E-state index contributed by atoms with van der Waals surface area (Å²) in [6.07, 6.45) is -0.125. The molecule has 0 unspecified atom stereocenters. The Labute approximate surface area is 117 Å². The quantitative estimate of drug-likeness (QED) is 0.643. The number of rotatable bonds is 6. The highest BCUT2D eigenvalue weighted by molar-refractivity contribution is 6.34. The van der Waals surface area contributed by atoms with Crippen molar-refractivity contribution < 1.29 is 14.3 Å². The van der Waals surface area contributed by atoms with Gasteiger partial charge in [-0.25, -0.2) is 4.79 Å². The van der Waals surface area contributed by atoms with Crippen molar-refractivity contribution in [3.63, 3.8) is 0 Å². The van der Waals surface area contributed by atoms with E-state index in [0.29, 0.717) is 22.7 Å². The molecule has 1 rings (SSSR count). The zero-order chi connectivity index (χ0) is 14.4. The molecule has 0 atom stereocenters. The monoisotopic (exact) mass is 284 g/mol. The van der Waals surface area contributed by atoms with Gasteiger partial charge in [-0.3, -0.25) is 4.79 Å². The van der Waals surface area contributed by atoms with Crippen molar-refractivity contribution in [2.75, 3.05) is 25.6 Å². The van der Waals surface area contributed by atoms with Gasteiger partial charge in [-0.05, 0) is 18.6 Å². The van der Waals surface area contributed by atoms with Gasteiger partial charge in [-0.1, -0.05) is 17.7 Å². The minimum Gasteiger partial charge on any atom is -0.450 e. The second kappa shape index (κ2) is 6.99. The summed E-state index contributed by atoms with van der Waals surface area (Å²) in [4.78, 5) is 24.3. The number of halogens is 1. The number of ether oxygens (including phenoxy) is 1. The molecule has 1 aromatic rings. The minimum absolute atomic E-state index is 0.0423. The lowest BCUT2D eigenvalue weighted by atomic mass is 10.0. The van der Waals surface area contributed by atoms with Gasteiger partial charge in [0.05, 0.1) is 17.3 Å². The SMILES string of the molecule is CN(C)c1c(Cl)cccc1C(=O)CCCOC(N)=O. The molecule has 1 aromatic carbocycles. The van der Waals surface area contributed by atoms with E-state index in [9.17, 15) is 9.59 Å². The van der Waals surface area contributed by atoms with E-state index in [0.717, 1.165) is 0 Å².